The van der Waals surface area contributed by atoms with Gasteiger partial charge in [-0.3, -0.25) is 4.79 Å². The molecule has 1 atom stereocenters. The highest BCUT2D eigenvalue weighted by molar-refractivity contribution is 8.00. The van der Waals surface area contributed by atoms with Crippen molar-refractivity contribution < 1.29 is 9.53 Å². The molecule has 1 aliphatic rings. The minimum Gasteiger partial charge on any atom is -0.497 e. The molecule has 0 aliphatic heterocycles. The van der Waals surface area contributed by atoms with Crippen molar-refractivity contribution in [1.82, 2.24) is 25.5 Å². The number of hydrogen-bond acceptors (Lipinski definition) is 6. The maximum Gasteiger partial charge on any atom is 0.233 e. The minimum atomic E-state index is -0.284. The summed E-state index contributed by atoms with van der Waals surface area (Å²) in [6.07, 6.45) is 8.14. The van der Waals surface area contributed by atoms with Gasteiger partial charge in [0, 0.05) is 6.54 Å². The lowest BCUT2D eigenvalue weighted by Crippen LogP contribution is -2.32. The number of carbonyl (C=O) groups excluding carboxylic acids is 1. The molecule has 1 aliphatic carbocycles. The minimum absolute atomic E-state index is 0.000639. The van der Waals surface area contributed by atoms with Crippen LogP contribution in [0.4, 0.5) is 0 Å². The van der Waals surface area contributed by atoms with Gasteiger partial charge in [-0.05, 0) is 73.7 Å². The van der Waals surface area contributed by atoms with Crippen LogP contribution in [0.15, 0.2) is 41.1 Å². The van der Waals surface area contributed by atoms with Crippen LogP contribution in [0.1, 0.15) is 39.0 Å². The molecule has 1 N–H and O–H groups in total. The third kappa shape index (κ3) is 5.32. The lowest BCUT2D eigenvalue weighted by Gasteiger charge is -2.14. The SMILES string of the molecule is COc1ccc(-n2nnnc2SC(C)C(=O)NCCC2=CCCCC2)cc1. The molecule has 8 heteroatoms. The second-order valence-electron chi connectivity index (χ2n) is 6.48. The summed E-state index contributed by atoms with van der Waals surface area (Å²) in [6, 6.07) is 7.45. The third-order valence-electron chi connectivity index (χ3n) is 4.54. The number of amides is 1. The number of thioether (sulfide) groups is 1. The Morgan fingerprint density at radius 2 is 2.15 bits per heavy atom. The molecule has 0 fully saturated rings. The Balaban J connectivity index is 1.54. The van der Waals surface area contributed by atoms with E-state index in [0.717, 1.165) is 24.3 Å². The second kappa shape index (κ2) is 9.55. The average Bonchev–Trinajstić information content (AvgIpc) is 3.16. The molecular formula is C19H25N5O2S. The quantitative estimate of drug-likeness (QED) is 0.553. The van der Waals surface area contributed by atoms with Crippen molar-refractivity contribution in [3.63, 3.8) is 0 Å². The summed E-state index contributed by atoms with van der Waals surface area (Å²) in [5.41, 5.74) is 2.28. The molecule has 0 saturated carbocycles. The van der Waals surface area contributed by atoms with Gasteiger partial charge in [-0.2, -0.15) is 4.68 Å². The Kier molecular flexibility index (Phi) is 6.86. The van der Waals surface area contributed by atoms with Gasteiger partial charge in [0.25, 0.3) is 0 Å². The van der Waals surface area contributed by atoms with Gasteiger partial charge in [0.15, 0.2) is 0 Å². The highest BCUT2D eigenvalue weighted by atomic mass is 32.2. The van der Waals surface area contributed by atoms with Gasteiger partial charge in [0.2, 0.25) is 11.1 Å². The summed E-state index contributed by atoms with van der Waals surface area (Å²) >= 11 is 1.34. The lowest BCUT2D eigenvalue weighted by molar-refractivity contribution is -0.120. The van der Waals surface area contributed by atoms with Crippen molar-refractivity contribution >= 4 is 17.7 Å². The lowest BCUT2D eigenvalue weighted by atomic mass is 9.97. The van der Waals surface area contributed by atoms with Gasteiger partial charge in [0.1, 0.15) is 5.75 Å². The van der Waals surface area contributed by atoms with E-state index >= 15 is 0 Å². The number of rotatable bonds is 8. The number of aromatic nitrogens is 4. The normalized spacial score (nSPS) is 15.1. The zero-order valence-corrected chi connectivity index (χ0v) is 16.5. The van der Waals surface area contributed by atoms with Gasteiger partial charge >= 0.3 is 0 Å². The molecule has 1 heterocycles. The van der Waals surface area contributed by atoms with Crippen molar-refractivity contribution in [2.75, 3.05) is 13.7 Å². The number of hydrogen-bond donors (Lipinski definition) is 1. The molecular weight excluding hydrogens is 362 g/mol. The van der Waals surface area contributed by atoms with E-state index in [4.69, 9.17) is 4.74 Å². The number of allylic oxidation sites excluding steroid dienone is 1. The molecule has 27 heavy (non-hydrogen) atoms. The molecule has 1 amide bonds. The summed E-state index contributed by atoms with van der Waals surface area (Å²) in [7, 11) is 1.62. The van der Waals surface area contributed by atoms with E-state index in [1.165, 1.54) is 36.6 Å². The van der Waals surface area contributed by atoms with E-state index in [0.29, 0.717) is 11.7 Å². The Morgan fingerprint density at radius 1 is 1.33 bits per heavy atom. The van der Waals surface area contributed by atoms with Crippen molar-refractivity contribution in [2.45, 2.75) is 49.4 Å². The van der Waals surface area contributed by atoms with Crippen LogP contribution in [0.5, 0.6) is 5.75 Å². The summed E-state index contributed by atoms with van der Waals surface area (Å²) in [6.45, 7) is 2.55. The first-order valence-corrected chi connectivity index (χ1v) is 10.1. The Labute approximate surface area is 163 Å². The molecule has 144 valence electrons. The topological polar surface area (TPSA) is 81.9 Å². The summed E-state index contributed by atoms with van der Waals surface area (Å²) in [4.78, 5) is 12.4. The Hall–Kier alpha value is -2.35. The number of ether oxygens (including phenoxy) is 1. The van der Waals surface area contributed by atoms with Crippen LogP contribution in [0.25, 0.3) is 5.69 Å². The van der Waals surface area contributed by atoms with Crippen LogP contribution in [0, 0.1) is 0 Å². The number of methoxy groups -OCH3 is 1. The zero-order chi connectivity index (χ0) is 19.1. The van der Waals surface area contributed by atoms with E-state index in [2.05, 4.69) is 26.9 Å². The largest absolute Gasteiger partial charge is 0.497 e. The third-order valence-corrected chi connectivity index (χ3v) is 5.57. The molecule has 2 aromatic rings. The van der Waals surface area contributed by atoms with Crippen molar-refractivity contribution in [1.29, 1.82) is 0 Å². The van der Waals surface area contributed by atoms with Crippen molar-refractivity contribution in [3.8, 4) is 11.4 Å². The highest BCUT2D eigenvalue weighted by Gasteiger charge is 2.19. The molecule has 1 aromatic carbocycles. The van der Waals surface area contributed by atoms with Crippen LogP contribution >= 0.6 is 11.8 Å². The maximum absolute atomic E-state index is 12.4. The van der Waals surface area contributed by atoms with Crippen LogP contribution in [0.3, 0.4) is 0 Å². The van der Waals surface area contributed by atoms with Crippen LogP contribution in [-0.4, -0.2) is 45.0 Å². The van der Waals surface area contributed by atoms with Gasteiger partial charge in [0.05, 0.1) is 18.0 Å². The van der Waals surface area contributed by atoms with Crippen LogP contribution in [-0.2, 0) is 4.79 Å². The molecule has 1 aromatic heterocycles. The second-order valence-corrected chi connectivity index (χ2v) is 7.79. The highest BCUT2D eigenvalue weighted by Crippen LogP contribution is 2.24. The molecule has 3 rings (SSSR count). The fourth-order valence-corrected chi connectivity index (χ4v) is 3.80. The van der Waals surface area contributed by atoms with Gasteiger partial charge in [-0.25, -0.2) is 0 Å². The average molecular weight is 388 g/mol. The van der Waals surface area contributed by atoms with Crippen LogP contribution in [0.2, 0.25) is 0 Å². The first kappa shape index (κ1) is 19.4. The van der Waals surface area contributed by atoms with Crippen molar-refractivity contribution in [3.05, 3.63) is 35.9 Å². The standard InChI is InChI=1S/C19H25N5O2S/c1-14(18(25)20-13-12-15-6-4-3-5-7-15)27-19-21-22-23-24(19)16-8-10-17(26-2)11-9-16/h6,8-11,14H,3-5,7,12-13H2,1-2H3,(H,20,25). The van der Waals surface area contributed by atoms with Gasteiger partial charge in [-0.1, -0.05) is 23.4 Å². The summed E-state index contributed by atoms with van der Waals surface area (Å²) in [5.74, 6) is 0.766. The first-order chi connectivity index (χ1) is 13.2. The molecule has 0 bridgehead atoms. The van der Waals surface area contributed by atoms with E-state index in [9.17, 15) is 4.79 Å². The van der Waals surface area contributed by atoms with Gasteiger partial charge in [-0.15, -0.1) is 5.10 Å². The molecule has 1 unspecified atom stereocenters. The zero-order valence-electron chi connectivity index (χ0n) is 15.7. The molecule has 0 saturated heterocycles. The van der Waals surface area contributed by atoms with Crippen molar-refractivity contribution in [2.24, 2.45) is 0 Å². The predicted molar refractivity (Wildman–Crippen MR) is 105 cm³/mol. The maximum atomic E-state index is 12.4. The Morgan fingerprint density at radius 3 is 2.85 bits per heavy atom. The van der Waals surface area contributed by atoms with Crippen LogP contribution < -0.4 is 10.1 Å². The smallest absolute Gasteiger partial charge is 0.233 e. The summed E-state index contributed by atoms with van der Waals surface area (Å²) in [5, 5.41) is 15.2. The predicted octanol–water partition coefficient (Wildman–Crippen LogP) is 3.16. The van der Waals surface area contributed by atoms with Gasteiger partial charge < -0.3 is 10.1 Å². The number of carbonyl (C=O) groups is 1. The Bertz CT molecular complexity index is 788. The van der Waals surface area contributed by atoms with E-state index in [1.54, 1.807) is 11.8 Å². The fraction of sp³-hybridized carbons (Fsp3) is 0.474. The first-order valence-electron chi connectivity index (χ1n) is 9.22. The van der Waals surface area contributed by atoms with E-state index in [1.807, 2.05) is 31.2 Å². The molecule has 7 nitrogen and oxygen atoms in total. The summed E-state index contributed by atoms with van der Waals surface area (Å²) < 4.78 is 6.80. The van der Waals surface area contributed by atoms with E-state index in [-0.39, 0.29) is 11.2 Å². The number of tetrazole rings is 1. The van der Waals surface area contributed by atoms with E-state index < -0.39 is 0 Å². The number of nitrogens with zero attached hydrogens (tertiary/aromatic N) is 4. The number of nitrogens with one attached hydrogen (secondary N) is 1. The monoisotopic (exact) mass is 387 g/mol. The fourth-order valence-electron chi connectivity index (χ4n) is 2.97. The number of benzene rings is 1. The molecule has 0 radical (unpaired) electrons. The molecule has 0 spiro atoms.